The second kappa shape index (κ2) is 6.07. The van der Waals surface area contributed by atoms with E-state index < -0.39 is 15.9 Å². The van der Waals surface area contributed by atoms with Crippen molar-refractivity contribution in [2.75, 3.05) is 0 Å². The number of hydrogen-bond donors (Lipinski definition) is 1. The van der Waals surface area contributed by atoms with Crippen LogP contribution in [0, 0.1) is 6.92 Å². The van der Waals surface area contributed by atoms with Crippen LogP contribution in [-0.2, 0) is 23.5 Å². The number of benzene rings is 1. The van der Waals surface area contributed by atoms with Gasteiger partial charge in [0.05, 0.1) is 10.6 Å². The molecule has 8 heteroatoms. The minimum atomic E-state index is -3.93. The Morgan fingerprint density at radius 2 is 2.00 bits per heavy atom. The molecule has 0 bridgehead atoms. The molecular weight excluding hydrogens is 350 g/mol. The van der Waals surface area contributed by atoms with Gasteiger partial charge in [0.1, 0.15) is 10.7 Å². The van der Waals surface area contributed by atoms with Crippen molar-refractivity contribution in [2.45, 2.75) is 19.8 Å². The standard InChI is InChI=1S/C16H16ClN3O3S/c1-10-14(15(17)20(2)18-10)16(21)19-24(22,23)13-8-7-11-5-3-4-6-12(11)9-13/h3-6,9H,7-8H2,1-2H3,(H,19,21). The number of allylic oxidation sites excluding steroid dienone is 1. The lowest BCUT2D eigenvalue weighted by Crippen LogP contribution is -2.32. The first kappa shape index (κ1) is 16.7. The highest BCUT2D eigenvalue weighted by molar-refractivity contribution is 7.94. The third-order valence-electron chi connectivity index (χ3n) is 3.96. The van der Waals surface area contributed by atoms with Gasteiger partial charge in [0, 0.05) is 7.05 Å². The fraction of sp³-hybridized carbons (Fsp3) is 0.250. The molecule has 1 aromatic carbocycles. The predicted octanol–water partition coefficient (Wildman–Crippen LogP) is 2.43. The van der Waals surface area contributed by atoms with Crippen molar-refractivity contribution < 1.29 is 13.2 Å². The summed E-state index contributed by atoms with van der Waals surface area (Å²) in [6.45, 7) is 1.60. The van der Waals surface area contributed by atoms with Crippen LogP contribution in [0.15, 0.2) is 29.2 Å². The summed E-state index contributed by atoms with van der Waals surface area (Å²) < 4.78 is 28.5. The lowest BCUT2D eigenvalue weighted by Gasteiger charge is -2.17. The average Bonchev–Trinajstić information content (AvgIpc) is 2.79. The first-order valence-electron chi connectivity index (χ1n) is 7.34. The Morgan fingerprint density at radius 1 is 1.29 bits per heavy atom. The quantitative estimate of drug-likeness (QED) is 0.905. The predicted molar refractivity (Wildman–Crippen MR) is 92.1 cm³/mol. The van der Waals surface area contributed by atoms with E-state index in [0.717, 1.165) is 11.1 Å². The van der Waals surface area contributed by atoms with Gasteiger partial charge in [-0.2, -0.15) is 5.10 Å². The fourth-order valence-electron chi connectivity index (χ4n) is 2.74. The van der Waals surface area contributed by atoms with E-state index >= 15 is 0 Å². The maximum atomic E-state index is 12.5. The Balaban J connectivity index is 1.90. The van der Waals surface area contributed by atoms with Crippen LogP contribution in [0.2, 0.25) is 5.15 Å². The maximum absolute atomic E-state index is 12.5. The number of sulfonamides is 1. The highest BCUT2D eigenvalue weighted by Crippen LogP contribution is 2.27. The Labute approximate surface area is 145 Å². The minimum absolute atomic E-state index is 0.0690. The fourth-order valence-corrected chi connectivity index (χ4v) is 4.14. The van der Waals surface area contributed by atoms with Crippen LogP contribution >= 0.6 is 11.6 Å². The van der Waals surface area contributed by atoms with Gasteiger partial charge >= 0.3 is 0 Å². The molecule has 126 valence electrons. The van der Waals surface area contributed by atoms with E-state index in [9.17, 15) is 13.2 Å². The topological polar surface area (TPSA) is 81.1 Å². The Bertz CT molecular complexity index is 961. The van der Waals surface area contributed by atoms with Crippen molar-refractivity contribution in [3.63, 3.8) is 0 Å². The SMILES string of the molecule is Cc1nn(C)c(Cl)c1C(=O)NS(=O)(=O)C1=Cc2ccccc2CC1. The lowest BCUT2D eigenvalue weighted by molar-refractivity contribution is 0.0981. The zero-order valence-electron chi connectivity index (χ0n) is 13.2. The molecule has 0 saturated carbocycles. The number of carbonyl (C=O) groups excluding carboxylic acids is 1. The summed E-state index contributed by atoms with van der Waals surface area (Å²) in [5.41, 5.74) is 2.39. The highest BCUT2D eigenvalue weighted by atomic mass is 35.5. The Kier molecular flexibility index (Phi) is 4.23. The molecular formula is C16H16ClN3O3S. The molecule has 1 aliphatic carbocycles. The van der Waals surface area contributed by atoms with Crippen LogP contribution in [0.3, 0.4) is 0 Å². The molecule has 0 aliphatic heterocycles. The van der Waals surface area contributed by atoms with Crippen LogP contribution < -0.4 is 4.72 Å². The molecule has 24 heavy (non-hydrogen) atoms. The van der Waals surface area contributed by atoms with Crippen molar-refractivity contribution in [2.24, 2.45) is 7.05 Å². The van der Waals surface area contributed by atoms with Crippen LogP contribution in [0.1, 0.15) is 33.6 Å². The normalized spacial score (nSPS) is 14.0. The van der Waals surface area contributed by atoms with E-state index in [4.69, 9.17) is 11.6 Å². The van der Waals surface area contributed by atoms with Gasteiger partial charge in [-0.1, -0.05) is 35.9 Å². The van der Waals surface area contributed by atoms with Gasteiger partial charge in [0.2, 0.25) is 0 Å². The molecule has 2 aromatic rings. The van der Waals surface area contributed by atoms with E-state index in [0.29, 0.717) is 18.5 Å². The summed E-state index contributed by atoms with van der Waals surface area (Å²) in [4.78, 5) is 12.5. The number of hydrogen-bond acceptors (Lipinski definition) is 4. The molecule has 0 unspecified atom stereocenters. The first-order valence-corrected chi connectivity index (χ1v) is 9.20. The number of aryl methyl sites for hydroxylation is 3. The zero-order valence-corrected chi connectivity index (χ0v) is 14.8. The number of rotatable bonds is 3. The number of halogens is 1. The number of aromatic nitrogens is 2. The van der Waals surface area contributed by atoms with E-state index in [1.807, 2.05) is 24.3 Å². The second-order valence-corrected chi connectivity index (χ2v) is 7.71. The maximum Gasteiger partial charge on any atom is 0.270 e. The van der Waals surface area contributed by atoms with Gasteiger partial charge in [0.25, 0.3) is 15.9 Å². The number of nitrogens with one attached hydrogen (secondary N) is 1. The monoisotopic (exact) mass is 365 g/mol. The van der Waals surface area contributed by atoms with Crippen molar-refractivity contribution >= 4 is 33.6 Å². The Morgan fingerprint density at radius 3 is 2.67 bits per heavy atom. The summed E-state index contributed by atoms with van der Waals surface area (Å²) in [6, 6.07) is 7.59. The van der Waals surface area contributed by atoms with Crippen molar-refractivity contribution in [3.05, 3.63) is 56.7 Å². The third-order valence-corrected chi connectivity index (χ3v) is 5.86. The van der Waals surface area contributed by atoms with E-state index in [2.05, 4.69) is 9.82 Å². The van der Waals surface area contributed by atoms with E-state index in [1.165, 1.54) is 4.68 Å². The van der Waals surface area contributed by atoms with Gasteiger partial charge in [0.15, 0.2) is 0 Å². The molecule has 1 N–H and O–H groups in total. The van der Waals surface area contributed by atoms with Crippen molar-refractivity contribution in [3.8, 4) is 0 Å². The van der Waals surface area contributed by atoms with Gasteiger partial charge in [-0.25, -0.2) is 13.1 Å². The molecule has 0 saturated heterocycles. The molecule has 0 radical (unpaired) electrons. The molecule has 1 heterocycles. The van der Waals surface area contributed by atoms with Gasteiger partial charge in [-0.05, 0) is 37.0 Å². The first-order chi connectivity index (χ1) is 11.3. The smallest absolute Gasteiger partial charge is 0.268 e. The van der Waals surface area contributed by atoms with Crippen molar-refractivity contribution in [1.29, 1.82) is 0 Å². The van der Waals surface area contributed by atoms with Gasteiger partial charge in [-0.15, -0.1) is 0 Å². The molecule has 0 spiro atoms. The molecule has 1 aliphatic rings. The van der Waals surface area contributed by atoms with Crippen molar-refractivity contribution in [1.82, 2.24) is 14.5 Å². The molecule has 1 amide bonds. The van der Waals surface area contributed by atoms with Gasteiger partial charge < -0.3 is 0 Å². The second-order valence-electron chi connectivity index (χ2n) is 5.62. The number of fused-ring (bicyclic) bond motifs is 1. The summed E-state index contributed by atoms with van der Waals surface area (Å²) in [5.74, 6) is -0.773. The number of carbonyl (C=O) groups is 1. The molecule has 6 nitrogen and oxygen atoms in total. The minimum Gasteiger partial charge on any atom is -0.268 e. The Hall–Kier alpha value is -2.12. The van der Waals surface area contributed by atoms with E-state index in [-0.39, 0.29) is 15.6 Å². The van der Waals surface area contributed by atoms with Crippen LogP contribution in [0.4, 0.5) is 0 Å². The average molecular weight is 366 g/mol. The molecule has 0 fully saturated rings. The zero-order chi connectivity index (χ0) is 17.5. The van der Waals surface area contributed by atoms with Crippen LogP contribution in [-0.4, -0.2) is 24.1 Å². The highest BCUT2D eigenvalue weighted by Gasteiger charge is 2.27. The summed E-state index contributed by atoms with van der Waals surface area (Å²) in [6.07, 6.45) is 2.56. The number of nitrogens with zero attached hydrogens (tertiary/aromatic N) is 2. The summed E-state index contributed by atoms with van der Waals surface area (Å²) >= 11 is 6.02. The van der Waals surface area contributed by atoms with Gasteiger partial charge in [-0.3, -0.25) is 9.48 Å². The largest absolute Gasteiger partial charge is 0.270 e. The summed E-state index contributed by atoms with van der Waals surface area (Å²) in [7, 11) is -2.35. The van der Waals surface area contributed by atoms with Crippen LogP contribution in [0.5, 0.6) is 0 Å². The third kappa shape index (κ3) is 2.97. The van der Waals surface area contributed by atoms with E-state index in [1.54, 1.807) is 20.0 Å². The number of amides is 1. The molecule has 3 rings (SSSR count). The lowest BCUT2D eigenvalue weighted by atomic mass is 9.98. The summed E-state index contributed by atoms with van der Waals surface area (Å²) in [5, 5.41) is 4.12. The molecule has 1 aromatic heterocycles. The molecule has 0 atom stereocenters. The van der Waals surface area contributed by atoms with Crippen LogP contribution in [0.25, 0.3) is 6.08 Å².